The molecule has 3 unspecified atom stereocenters. The van der Waals surface area contributed by atoms with Crippen LogP contribution >= 0.6 is 0 Å². The molecule has 0 spiro atoms. The number of allylic oxidation sites excluding steroid dienone is 2. The Bertz CT molecular complexity index is 707. The fourth-order valence-corrected chi connectivity index (χ4v) is 5.84. The fraction of sp³-hybridized carbons (Fsp3) is 0.865. The second-order valence-electron chi connectivity index (χ2n) is 13.7. The van der Waals surface area contributed by atoms with Gasteiger partial charge >= 0.3 is 11.9 Å². The molecule has 0 aliphatic heterocycles. The third-order valence-electron chi connectivity index (χ3n) is 9.50. The van der Waals surface area contributed by atoms with Crippen LogP contribution in [-0.4, -0.2) is 58.8 Å². The maximum absolute atomic E-state index is 11.5. The largest absolute Gasteiger partial charge is 0.550 e. The minimum atomic E-state index is -1.07. The summed E-state index contributed by atoms with van der Waals surface area (Å²) in [7, 11) is 0. The maximum Gasteiger partial charge on any atom is 0.306 e. The van der Waals surface area contributed by atoms with Crippen molar-refractivity contribution in [2.75, 3.05) is 26.2 Å². The molecule has 0 saturated heterocycles. The molecule has 0 saturated carbocycles. The molecule has 0 aromatic heterocycles. The molecule has 0 aliphatic rings. The summed E-state index contributed by atoms with van der Waals surface area (Å²) in [5.41, 5.74) is 0. The van der Waals surface area contributed by atoms with Crippen LogP contribution in [0.4, 0.5) is 0 Å². The zero-order chi connectivity index (χ0) is 33.1. The monoisotopic (exact) mass is 624 g/mol. The summed E-state index contributed by atoms with van der Waals surface area (Å²) in [6.07, 6.45) is 29.1. The number of carbonyl (C=O) groups excluding carboxylic acids is 1. The van der Waals surface area contributed by atoms with Gasteiger partial charge in [0.25, 0.3) is 0 Å². The van der Waals surface area contributed by atoms with Crippen molar-refractivity contribution in [3.05, 3.63) is 12.2 Å². The van der Waals surface area contributed by atoms with Crippen LogP contribution in [0.5, 0.6) is 0 Å². The summed E-state index contributed by atoms with van der Waals surface area (Å²) >= 11 is 0. The summed E-state index contributed by atoms with van der Waals surface area (Å²) in [6.45, 7) is 9.97. The lowest BCUT2D eigenvalue weighted by Crippen LogP contribution is -2.52. The van der Waals surface area contributed by atoms with Crippen molar-refractivity contribution in [2.24, 2.45) is 17.8 Å². The van der Waals surface area contributed by atoms with E-state index in [4.69, 9.17) is 0 Å². The quantitative estimate of drug-likeness (QED) is 0.0442. The topological polar surface area (TPSA) is 115 Å². The second-order valence-corrected chi connectivity index (χ2v) is 13.7. The third kappa shape index (κ3) is 23.5. The molecule has 3 atom stereocenters. The Hall–Kier alpha value is -1.89. The number of nitrogens with zero attached hydrogens (tertiary/aromatic N) is 1. The van der Waals surface area contributed by atoms with Crippen LogP contribution < -0.4 is 5.11 Å². The van der Waals surface area contributed by atoms with E-state index in [2.05, 4.69) is 19.1 Å². The molecule has 0 fully saturated rings. The summed E-state index contributed by atoms with van der Waals surface area (Å²) in [6, 6.07) is 0. The number of rotatable bonds is 32. The average Bonchev–Trinajstić information content (AvgIpc) is 2.99. The highest BCUT2D eigenvalue weighted by Crippen LogP contribution is 2.22. The third-order valence-corrected chi connectivity index (χ3v) is 9.50. The van der Waals surface area contributed by atoms with Crippen LogP contribution in [0.2, 0.25) is 0 Å². The van der Waals surface area contributed by atoms with Crippen molar-refractivity contribution in [1.29, 1.82) is 0 Å². The van der Waals surface area contributed by atoms with Gasteiger partial charge in [-0.3, -0.25) is 9.59 Å². The molecule has 0 bridgehead atoms. The van der Waals surface area contributed by atoms with Crippen molar-refractivity contribution >= 4 is 17.9 Å². The van der Waals surface area contributed by atoms with Crippen molar-refractivity contribution in [3.63, 3.8) is 0 Å². The predicted molar refractivity (Wildman–Crippen MR) is 179 cm³/mol. The molecular formula is C37H69NO6. The Balaban J connectivity index is 4.43. The van der Waals surface area contributed by atoms with Gasteiger partial charge in [0.05, 0.1) is 38.0 Å². The van der Waals surface area contributed by atoms with Crippen molar-refractivity contribution in [1.82, 2.24) is 0 Å². The Kier molecular flexibility index (Phi) is 26.2. The molecule has 0 aromatic rings. The first-order valence-electron chi connectivity index (χ1n) is 18.2. The summed E-state index contributed by atoms with van der Waals surface area (Å²) in [5.74, 6) is -4.32. The predicted octanol–water partition coefficient (Wildman–Crippen LogP) is 8.40. The van der Waals surface area contributed by atoms with Gasteiger partial charge in [0.15, 0.2) is 0 Å². The van der Waals surface area contributed by atoms with Gasteiger partial charge in [-0.25, -0.2) is 0 Å². The van der Waals surface area contributed by atoms with E-state index in [1.165, 1.54) is 89.9 Å². The van der Waals surface area contributed by atoms with Crippen molar-refractivity contribution in [3.8, 4) is 0 Å². The van der Waals surface area contributed by atoms with Gasteiger partial charge in [0.1, 0.15) is 0 Å². The Labute approximate surface area is 270 Å². The lowest BCUT2D eigenvalue weighted by molar-refractivity contribution is -0.929. The van der Waals surface area contributed by atoms with Crippen LogP contribution in [0, 0.1) is 17.8 Å². The van der Waals surface area contributed by atoms with Crippen LogP contribution in [0.25, 0.3) is 0 Å². The lowest BCUT2D eigenvalue weighted by atomic mass is 10.0. The highest BCUT2D eigenvalue weighted by Gasteiger charge is 2.30. The molecule has 258 valence electrons. The minimum absolute atomic E-state index is 0.442. The van der Waals surface area contributed by atoms with Gasteiger partial charge in [0, 0.05) is 31.1 Å². The number of aliphatic carboxylic acids is 3. The highest BCUT2D eigenvalue weighted by atomic mass is 16.4. The van der Waals surface area contributed by atoms with Gasteiger partial charge in [-0.15, -0.1) is 0 Å². The second kappa shape index (κ2) is 27.4. The van der Waals surface area contributed by atoms with Gasteiger partial charge in [-0.2, -0.15) is 0 Å². The van der Waals surface area contributed by atoms with Crippen LogP contribution in [0.3, 0.4) is 0 Å². The Morgan fingerprint density at radius 2 is 0.886 bits per heavy atom. The first kappa shape index (κ1) is 42.1. The molecule has 44 heavy (non-hydrogen) atoms. The van der Waals surface area contributed by atoms with Gasteiger partial charge in [-0.1, -0.05) is 117 Å². The van der Waals surface area contributed by atoms with Gasteiger partial charge < -0.3 is 24.6 Å². The Morgan fingerprint density at radius 3 is 1.25 bits per heavy atom. The normalized spacial score (nSPS) is 15.2. The number of quaternary nitrogens is 1. The number of carboxylic acid groups (broad SMARTS) is 3. The zero-order valence-corrected chi connectivity index (χ0v) is 29.0. The molecule has 2 N–H and O–H groups in total. The summed E-state index contributed by atoms with van der Waals surface area (Å²) in [5, 5.41) is 30.3. The zero-order valence-electron chi connectivity index (χ0n) is 29.0. The van der Waals surface area contributed by atoms with Crippen molar-refractivity contribution < 1.29 is 34.2 Å². The summed E-state index contributed by atoms with van der Waals surface area (Å²) in [4.78, 5) is 34.4. The van der Waals surface area contributed by atoms with Crippen LogP contribution in [0.1, 0.15) is 163 Å². The number of hydrogen-bond acceptors (Lipinski definition) is 4. The van der Waals surface area contributed by atoms with Crippen LogP contribution in [-0.2, 0) is 14.4 Å². The van der Waals surface area contributed by atoms with E-state index in [-0.39, 0.29) is 0 Å². The first-order valence-corrected chi connectivity index (χ1v) is 18.2. The number of carboxylic acids is 3. The average molecular weight is 624 g/mol. The van der Waals surface area contributed by atoms with Crippen molar-refractivity contribution in [2.45, 2.75) is 163 Å². The first-order chi connectivity index (χ1) is 21.0. The molecule has 0 radical (unpaired) electrons. The highest BCUT2D eigenvalue weighted by molar-refractivity contribution is 5.69. The molecule has 0 aliphatic carbocycles. The van der Waals surface area contributed by atoms with E-state index in [0.717, 1.165) is 32.2 Å². The van der Waals surface area contributed by atoms with Gasteiger partial charge in [-0.05, 0) is 38.5 Å². The van der Waals surface area contributed by atoms with E-state index < -0.39 is 35.7 Å². The lowest BCUT2D eigenvalue weighted by Gasteiger charge is -2.41. The molecular weight excluding hydrogens is 554 g/mol. The number of hydrogen-bond donors (Lipinski definition) is 2. The smallest absolute Gasteiger partial charge is 0.306 e. The SMILES string of the molecule is CCCCCCCCCCCC/C=C/CCCCCCCC[N+](CCC(C)C(=O)[O-])(CCC(C)C(=O)O)CCC(C)C(=O)O. The maximum atomic E-state index is 11.5. The molecule has 0 amide bonds. The summed E-state index contributed by atoms with van der Waals surface area (Å²) < 4.78 is 0.580. The molecule has 7 heteroatoms. The molecule has 0 rings (SSSR count). The number of unbranched alkanes of at least 4 members (excludes halogenated alkanes) is 16. The minimum Gasteiger partial charge on any atom is -0.550 e. The number of carbonyl (C=O) groups is 3. The molecule has 0 heterocycles. The van der Waals surface area contributed by atoms with E-state index in [1.54, 1.807) is 20.8 Å². The Morgan fingerprint density at radius 1 is 0.545 bits per heavy atom. The van der Waals surface area contributed by atoms with E-state index >= 15 is 0 Å². The standard InChI is InChI=1S/C37H69NO6/c1-5-6-7-8-9-10-11-12-13-14-15-16-17-18-19-20-21-22-23-24-28-38(29-25-32(2)35(39)40,30-26-33(3)36(41)42)31-27-34(4)37(43)44/h16-17,32-34H,5-15,18-31H2,1-4H3,(H2-,39,40,41,42,43,44)/b17-16+. The van der Waals surface area contributed by atoms with E-state index in [0.29, 0.717) is 43.4 Å². The van der Waals surface area contributed by atoms with E-state index in [1.807, 2.05) is 0 Å². The molecule has 7 nitrogen and oxygen atoms in total. The van der Waals surface area contributed by atoms with Crippen LogP contribution in [0.15, 0.2) is 12.2 Å². The van der Waals surface area contributed by atoms with E-state index in [9.17, 15) is 29.7 Å². The molecule has 0 aromatic carbocycles. The fourth-order valence-electron chi connectivity index (χ4n) is 5.84. The van der Waals surface area contributed by atoms with Gasteiger partial charge in [0.2, 0.25) is 0 Å².